The van der Waals surface area contributed by atoms with Crippen molar-refractivity contribution in [2.24, 2.45) is 0 Å². The van der Waals surface area contributed by atoms with Gasteiger partial charge >= 0.3 is 0 Å². The van der Waals surface area contributed by atoms with Crippen molar-refractivity contribution < 1.29 is 4.79 Å². The molecule has 2 heterocycles. The third kappa shape index (κ3) is 4.40. The van der Waals surface area contributed by atoms with Crippen LogP contribution in [0.1, 0.15) is 59.9 Å². The molecule has 5 nitrogen and oxygen atoms in total. The second-order valence-electron chi connectivity index (χ2n) is 7.12. The number of benzene rings is 1. The number of piperidine rings is 1. The Bertz CT molecular complexity index is 774. The Hall–Kier alpha value is -2.43. The van der Waals surface area contributed by atoms with E-state index in [2.05, 4.69) is 33.2 Å². The Balaban J connectivity index is 1.75. The van der Waals surface area contributed by atoms with Gasteiger partial charge in [0.25, 0.3) is 5.91 Å². The molecule has 26 heavy (non-hydrogen) atoms. The van der Waals surface area contributed by atoms with E-state index in [0.29, 0.717) is 24.2 Å². The van der Waals surface area contributed by atoms with E-state index in [1.807, 2.05) is 32.0 Å². The van der Waals surface area contributed by atoms with Crippen molar-refractivity contribution in [2.45, 2.75) is 59.0 Å². The van der Waals surface area contributed by atoms with Gasteiger partial charge in [0, 0.05) is 24.8 Å². The second-order valence-corrected chi connectivity index (χ2v) is 7.12. The highest BCUT2D eigenvalue weighted by molar-refractivity contribution is 5.92. The van der Waals surface area contributed by atoms with Crippen LogP contribution in [-0.4, -0.2) is 28.5 Å². The summed E-state index contributed by atoms with van der Waals surface area (Å²) in [5.41, 5.74) is 3.55. The lowest BCUT2D eigenvalue weighted by molar-refractivity contribution is 0.0945. The summed E-state index contributed by atoms with van der Waals surface area (Å²) in [6.45, 7) is 7.64. The average molecular weight is 352 g/mol. The molecule has 1 aromatic heterocycles. The van der Waals surface area contributed by atoms with Crippen LogP contribution in [0.15, 0.2) is 30.3 Å². The summed E-state index contributed by atoms with van der Waals surface area (Å²) in [6.07, 6.45) is 4.65. The second kappa shape index (κ2) is 8.30. The summed E-state index contributed by atoms with van der Waals surface area (Å²) in [4.78, 5) is 24.1. The van der Waals surface area contributed by atoms with Crippen LogP contribution >= 0.6 is 0 Å². The van der Waals surface area contributed by atoms with Crippen LogP contribution < -0.4 is 10.2 Å². The molecule has 1 atom stereocenters. The van der Waals surface area contributed by atoms with Crippen molar-refractivity contribution in [3.05, 3.63) is 52.8 Å². The van der Waals surface area contributed by atoms with Crippen LogP contribution in [0.4, 0.5) is 5.95 Å². The van der Waals surface area contributed by atoms with Gasteiger partial charge in [-0.05, 0) is 51.2 Å². The van der Waals surface area contributed by atoms with E-state index >= 15 is 0 Å². The summed E-state index contributed by atoms with van der Waals surface area (Å²) < 4.78 is 0. The molecule has 138 valence electrons. The lowest BCUT2D eigenvalue weighted by atomic mass is 10.0. The predicted molar refractivity (Wildman–Crippen MR) is 104 cm³/mol. The summed E-state index contributed by atoms with van der Waals surface area (Å²) in [5.74, 6) is 0.542. The molecule has 3 rings (SSSR count). The molecule has 1 unspecified atom stereocenters. The molecule has 0 spiro atoms. The maximum Gasteiger partial charge on any atom is 0.270 e. The molecule has 1 aliphatic heterocycles. The molecule has 2 aromatic rings. The largest absolute Gasteiger partial charge is 0.347 e. The zero-order valence-electron chi connectivity index (χ0n) is 16.0. The number of carbonyl (C=O) groups is 1. The van der Waals surface area contributed by atoms with Gasteiger partial charge in [0.05, 0.1) is 0 Å². The number of carbonyl (C=O) groups excluding carboxylic acids is 1. The topological polar surface area (TPSA) is 58.1 Å². The summed E-state index contributed by atoms with van der Waals surface area (Å²) >= 11 is 0. The Morgan fingerprint density at radius 3 is 2.85 bits per heavy atom. The summed E-state index contributed by atoms with van der Waals surface area (Å²) in [5, 5.41) is 2.98. The molecule has 1 aliphatic rings. The monoisotopic (exact) mass is 352 g/mol. The fourth-order valence-corrected chi connectivity index (χ4v) is 3.58. The molecule has 0 aliphatic carbocycles. The van der Waals surface area contributed by atoms with Gasteiger partial charge in [-0.25, -0.2) is 9.97 Å². The molecular formula is C21H28N4O. The number of hydrogen-bond acceptors (Lipinski definition) is 4. The van der Waals surface area contributed by atoms with Gasteiger partial charge in [-0.1, -0.05) is 36.8 Å². The number of nitrogens with one attached hydrogen (secondary N) is 1. The fourth-order valence-electron chi connectivity index (χ4n) is 3.58. The lowest BCUT2D eigenvalue weighted by Crippen LogP contribution is -2.40. The van der Waals surface area contributed by atoms with E-state index in [4.69, 9.17) is 0 Å². The molecule has 1 fully saturated rings. The first-order chi connectivity index (χ1) is 12.6. The normalized spacial score (nSPS) is 17.2. The molecule has 0 bridgehead atoms. The smallest absolute Gasteiger partial charge is 0.270 e. The van der Waals surface area contributed by atoms with Crippen LogP contribution in [0.3, 0.4) is 0 Å². The quantitative estimate of drug-likeness (QED) is 0.889. The highest BCUT2D eigenvalue weighted by atomic mass is 16.1. The Labute approximate surface area is 155 Å². The minimum Gasteiger partial charge on any atom is -0.347 e. The van der Waals surface area contributed by atoms with E-state index in [1.54, 1.807) is 6.07 Å². The molecular weight excluding hydrogens is 324 g/mol. The van der Waals surface area contributed by atoms with Crippen molar-refractivity contribution in [1.29, 1.82) is 0 Å². The van der Waals surface area contributed by atoms with Crippen molar-refractivity contribution >= 4 is 11.9 Å². The van der Waals surface area contributed by atoms with E-state index in [-0.39, 0.29) is 5.91 Å². The average Bonchev–Trinajstić information content (AvgIpc) is 2.65. The Morgan fingerprint density at radius 2 is 2.08 bits per heavy atom. The molecule has 1 saturated heterocycles. The van der Waals surface area contributed by atoms with E-state index in [0.717, 1.165) is 30.6 Å². The maximum atomic E-state index is 12.6. The molecule has 1 amide bonds. The minimum absolute atomic E-state index is 0.150. The van der Waals surface area contributed by atoms with E-state index in [9.17, 15) is 4.79 Å². The maximum absolute atomic E-state index is 12.6. The lowest BCUT2D eigenvalue weighted by Gasteiger charge is -2.35. The highest BCUT2D eigenvalue weighted by Crippen LogP contribution is 2.24. The first kappa shape index (κ1) is 18.4. The summed E-state index contributed by atoms with van der Waals surface area (Å²) in [7, 11) is 0. The number of rotatable bonds is 5. The Morgan fingerprint density at radius 1 is 1.23 bits per heavy atom. The van der Waals surface area contributed by atoms with Crippen LogP contribution in [0.2, 0.25) is 0 Å². The number of aryl methyl sites for hydroxylation is 2. The minimum atomic E-state index is -0.150. The molecule has 1 N–H and O–H groups in total. The zero-order chi connectivity index (χ0) is 18.5. The van der Waals surface area contributed by atoms with Crippen LogP contribution in [0, 0.1) is 13.8 Å². The SMILES string of the molecule is CCC1CCCCN1c1nc(C)cc(C(=O)NCc2cccc(C)c2)n1. The highest BCUT2D eigenvalue weighted by Gasteiger charge is 2.24. The number of hydrogen-bond donors (Lipinski definition) is 1. The van der Waals surface area contributed by atoms with E-state index < -0.39 is 0 Å². The number of anilines is 1. The van der Waals surface area contributed by atoms with Crippen LogP contribution in [-0.2, 0) is 6.54 Å². The number of aromatic nitrogens is 2. The fraction of sp³-hybridized carbons (Fsp3) is 0.476. The Kier molecular flexibility index (Phi) is 5.86. The number of nitrogens with zero attached hydrogens (tertiary/aromatic N) is 3. The van der Waals surface area contributed by atoms with Crippen LogP contribution in [0.5, 0.6) is 0 Å². The number of amides is 1. The standard InChI is InChI=1S/C21H28N4O/c1-4-18-10-5-6-11-25(18)21-23-16(3)13-19(24-21)20(26)22-14-17-9-7-8-15(2)12-17/h7-9,12-13,18H,4-6,10-11,14H2,1-3H3,(H,22,26). The molecule has 1 aromatic carbocycles. The first-order valence-corrected chi connectivity index (χ1v) is 9.53. The summed E-state index contributed by atoms with van der Waals surface area (Å²) in [6, 6.07) is 10.4. The van der Waals surface area contributed by atoms with Gasteiger partial charge in [0.2, 0.25) is 5.95 Å². The third-order valence-corrected chi connectivity index (χ3v) is 4.97. The van der Waals surface area contributed by atoms with Crippen molar-refractivity contribution in [1.82, 2.24) is 15.3 Å². The van der Waals surface area contributed by atoms with Crippen molar-refractivity contribution in [3.8, 4) is 0 Å². The molecule has 5 heteroatoms. The van der Waals surface area contributed by atoms with Crippen molar-refractivity contribution in [2.75, 3.05) is 11.4 Å². The van der Waals surface area contributed by atoms with Crippen molar-refractivity contribution in [3.63, 3.8) is 0 Å². The van der Waals surface area contributed by atoms with Gasteiger partial charge in [0.1, 0.15) is 5.69 Å². The van der Waals surface area contributed by atoms with Gasteiger partial charge in [-0.15, -0.1) is 0 Å². The molecule has 0 saturated carbocycles. The van der Waals surface area contributed by atoms with E-state index in [1.165, 1.54) is 18.4 Å². The van der Waals surface area contributed by atoms with Crippen LogP contribution in [0.25, 0.3) is 0 Å². The molecule has 0 radical (unpaired) electrons. The third-order valence-electron chi connectivity index (χ3n) is 4.97. The van der Waals surface area contributed by atoms with Gasteiger partial charge in [-0.3, -0.25) is 4.79 Å². The van der Waals surface area contributed by atoms with Gasteiger partial charge in [-0.2, -0.15) is 0 Å². The van der Waals surface area contributed by atoms with Gasteiger partial charge in [0.15, 0.2) is 0 Å². The first-order valence-electron chi connectivity index (χ1n) is 9.53. The van der Waals surface area contributed by atoms with Gasteiger partial charge < -0.3 is 10.2 Å². The predicted octanol–water partition coefficient (Wildman–Crippen LogP) is 3.79. The zero-order valence-corrected chi connectivity index (χ0v) is 16.0.